The highest BCUT2D eigenvalue weighted by atomic mass is 127. The van der Waals surface area contributed by atoms with Crippen molar-refractivity contribution < 1.29 is 4.79 Å². The highest BCUT2D eigenvalue weighted by Crippen LogP contribution is 2.18. The predicted molar refractivity (Wildman–Crippen MR) is 66.1 cm³/mol. The van der Waals surface area contributed by atoms with E-state index >= 15 is 0 Å². The summed E-state index contributed by atoms with van der Waals surface area (Å²) in [7, 11) is 0. The number of nitrogens with two attached hydrogens (primary N) is 1. The van der Waals surface area contributed by atoms with E-state index < -0.39 is 0 Å². The summed E-state index contributed by atoms with van der Waals surface area (Å²) in [6.07, 6.45) is 0.695. The van der Waals surface area contributed by atoms with Gasteiger partial charge in [-0.1, -0.05) is 19.1 Å². The Morgan fingerprint density at radius 1 is 1.57 bits per heavy atom. The Morgan fingerprint density at radius 3 is 2.71 bits per heavy atom. The Labute approximate surface area is 97.2 Å². The third kappa shape index (κ3) is 2.87. The second-order valence-corrected chi connectivity index (χ2v) is 4.15. The highest BCUT2D eigenvalue weighted by Gasteiger charge is 2.12. The standard InChI is InChI=1S/C10H13IN2O/c1-2-8(10(12)14)13-9-6-4-3-5-7(9)11/h3-6,8,13H,2H2,1H3,(H2,12,14). The molecule has 14 heavy (non-hydrogen) atoms. The van der Waals surface area contributed by atoms with Crippen LogP contribution in [0, 0.1) is 3.57 Å². The summed E-state index contributed by atoms with van der Waals surface area (Å²) in [6, 6.07) is 7.52. The third-order valence-electron chi connectivity index (χ3n) is 1.96. The number of hydrogen-bond acceptors (Lipinski definition) is 2. The summed E-state index contributed by atoms with van der Waals surface area (Å²) < 4.78 is 1.09. The Kier molecular flexibility index (Phi) is 4.19. The zero-order valence-electron chi connectivity index (χ0n) is 7.96. The van der Waals surface area contributed by atoms with Gasteiger partial charge in [0.05, 0.1) is 0 Å². The van der Waals surface area contributed by atoms with Crippen LogP contribution in [0.25, 0.3) is 0 Å². The van der Waals surface area contributed by atoms with Crippen LogP contribution in [0.1, 0.15) is 13.3 Å². The molecule has 0 bridgehead atoms. The fourth-order valence-corrected chi connectivity index (χ4v) is 1.68. The Morgan fingerprint density at radius 2 is 2.21 bits per heavy atom. The van der Waals surface area contributed by atoms with Crippen molar-refractivity contribution in [3.8, 4) is 0 Å². The molecule has 0 spiro atoms. The summed E-state index contributed by atoms with van der Waals surface area (Å²) >= 11 is 2.22. The molecule has 0 radical (unpaired) electrons. The van der Waals surface area contributed by atoms with E-state index in [4.69, 9.17) is 5.73 Å². The topological polar surface area (TPSA) is 55.1 Å². The SMILES string of the molecule is CCC(Nc1ccccc1I)C(N)=O. The first kappa shape index (κ1) is 11.3. The smallest absolute Gasteiger partial charge is 0.239 e. The lowest BCUT2D eigenvalue weighted by atomic mass is 10.2. The summed E-state index contributed by atoms with van der Waals surface area (Å²) in [5.74, 6) is -0.313. The Hall–Kier alpha value is -0.780. The number of para-hydroxylation sites is 1. The number of carbonyl (C=O) groups excluding carboxylic acids is 1. The van der Waals surface area contributed by atoms with Gasteiger partial charge in [0.15, 0.2) is 0 Å². The van der Waals surface area contributed by atoms with Crippen LogP contribution < -0.4 is 11.1 Å². The van der Waals surface area contributed by atoms with Crippen molar-refractivity contribution in [2.24, 2.45) is 5.73 Å². The minimum atomic E-state index is -0.313. The molecule has 0 saturated carbocycles. The molecular formula is C10H13IN2O. The van der Waals surface area contributed by atoms with Gasteiger partial charge in [-0.05, 0) is 41.1 Å². The number of halogens is 1. The zero-order valence-corrected chi connectivity index (χ0v) is 10.1. The quantitative estimate of drug-likeness (QED) is 0.836. The van der Waals surface area contributed by atoms with Gasteiger partial charge in [-0.25, -0.2) is 0 Å². The van der Waals surface area contributed by atoms with Crippen molar-refractivity contribution in [3.63, 3.8) is 0 Å². The number of nitrogens with one attached hydrogen (secondary N) is 1. The van der Waals surface area contributed by atoms with Crippen molar-refractivity contribution in [2.45, 2.75) is 19.4 Å². The first-order valence-corrected chi connectivity index (χ1v) is 5.53. The fraction of sp³-hybridized carbons (Fsp3) is 0.300. The maximum absolute atomic E-state index is 11.0. The van der Waals surface area contributed by atoms with Crippen LogP contribution in [-0.4, -0.2) is 11.9 Å². The van der Waals surface area contributed by atoms with E-state index in [1.165, 1.54) is 0 Å². The van der Waals surface area contributed by atoms with Gasteiger partial charge in [-0.2, -0.15) is 0 Å². The molecule has 1 amide bonds. The van der Waals surface area contributed by atoms with Gasteiger partial charge in [-0.15, -0.1) is 0 Å². The molecule has 1 unspecified atom stereocenters. The summed E-state index contributed by atoms with van der Waals surface area (Å²) in [6.45, 7) is 1.93. The van der Waals surface area contributed by atoms with Crippen LogP contribution >= 0.6 is 22.6 Å². The van der Waals surface area contributed by atoms with Crippen LogP contribution in [-0.2, 0) is 4.79 Å². The molecule has 0 aliphatic carbocycles. The molecule has 0 heterocycles. The average molecular weight is 304 g/mol. The molecule has 3 N–H and O–H groups in total. The Bertz CT molecular complexity index is 328. The molecule has 1 aromatic carbocycles. The van der Waals surface area contributed by atoms with Crippen molar-refractivity contribution in [1.29, 1.82) is 0 Å². The zero-order chi connectivity index (χ0) is 10.6. The molecule has 0 aliphatic rings. The lowest BCUT2D eigenvalue weighted by molar-refractivity contribution is -0.118. The van der Waals surface area contributed by atoms with E-state index in [2.05, 4.69) is 27.9 Å². The van der Waals surface area contributed by atoms with Gasteiger partial charge in [0, 0.05) is 9.26 Å². The second kappa shape index (κ2) is 5.19. The number of anilines is 1. The average Bonchev–Trinajstić information content (AvgIpc) is 2.16. The highest BCUT2D eigenvalue weighted by molar-refractivity contribution is 14.1. The molecule has 1 aromatic rings. The Balaban J connectivity index is 2.77. The number of carbonyl (C=O) groups is 1. The molecule has 0 fully saturated rings. The summed E-state index contributed by atoms with van der Waals surface area (Å²) in [4.78, 5) is 11.0. The second-order valence-electron chi connectivity index (χ2n) is 2.99. The number of amides is 1. The van der Waals surface area contributed by atoms with Gasteiger partial charge < -0.3 is 11.1 Å². The van der Waals surface area contributed by atoms with Gasteiger partial charge in [0.1, 0.15) is 6.04 Å². The van der Waals surface area contributed by atoms with Crippen LogP contribution in [0.4, 0.5) is 5.69 Å². The molecule has 0 aromatic heterocycles. The fourth-order valence-electron chi connectivity index (χ4n) is 1.14. The monoisotopic (exact) mass is 304 g/mol. The molecule has 3 nitrogen and oxygen atoms in total. The number of hydrogen-bond donors (Lipinski definition) is 2. The maximum Gasteiger partial charge on any atom is 0.239 e. The first-order chi connectivity index (χ1) is 6.65. The van der Waals surface area contributed by atoms with Crippen LogP contribution in [0.5, 0.6) is 0 Å². The van der Waals surface area contributed by atoms with E-state index in [9.17, 15) is 4.79 Å². The minimum absolute atomic E-state index is 0.286. The van der Waals surface area contributed by atoms with Crippen molar-refractivity contribution in [3.05, 3.63) is 27.8 Å². The lowest BCUT2D eigenvalue weighted by Crippen LogP contribution is -2.34. The van der Waals surface area contributed by atoms with Crippen LogP contribution in [0.2, 0.25) is 0 Å². The number of benzene rings is 1. The van der Waals surface area contributed by atoms with Gasteiger partial charge in [-0.3, -0.25) is 4.79 Å². The molecule has 0 aliphatic heterocycles. The molecular weight excluding hydrogens is 291 g/mol. The van der Waals surface area contributed by atoms with Gasteiger partial charge >= 0.3 is 0 Å². The van der Waals surface area contributed by atoms with E-state index in [-0.39, 0.29) is 11.9 Å². The minimum Gasteiger partial charge on any atom is -0.373 e. The summed E-state index contributed by atoms with van der Waals surface area (Å²) in [5, 5.41) is 3.11. The van der Waals surface area contributed by atoms with Crippen LogP contribution in [0.3, 0.4) is 0 Å². The summed E-state index contributed by atoms with van der Waals surface area (Å²) in [5.41, 5.74) is 6.20. The van der Waals surface area contributed by atoms with E-state index in [0.29, 0.717) is 6.42 Å². The molecule has 76 valence electrons. The van der Waals surface area contributed by atoms with Gasteiger partial charge in [0.2, 0.25) is 5.91 Å². The predicted octanol–water partition coefficient (Wildman–Crippen LogP) is 1.97. The van der Waals surface area contributed by atoms with E-state index in [1.807, 2.05) is 31.2 Å². The third-order valence-corrected chi connectivity index (χ3v) is 2.90. The maximum atomic E-state index is 11.0. The van der Waals surface area contributed by atoms with Crippen molar-refractivity contribution in [2.75, 3.05) is 5.32 Å². The molecule has 1 atom stereocenters. The molecule has 0 saturated heterocycles. The lowest BCUT2D eigenvalue weighted by Gasteiger charge is -2.15. The number of primary amides is 1. The molecule has 1 rings (SSSR count). The normalized spacial score (nSPS) is 12.1. The number of rotatable bonds is 4. The van der Waals surface area contributed by atoms with Gasteiger partial charge in [0.25, 0.3) is 0 Å². The van der Waals surface area contributed by atoms with E-state index in [0.717, 1.165) is 9.26 Å². The van der Waals surface area contributed by atoms with Crippen molar-refractivity contribution >= 4 is 34.2 Å². The molecule has 4 heteroatoms. The van der Waals surface area contributed by atoms with Crippen LogP contribution in [0.15, 0.2) is 24.3 Å². The van der Waals surface area contributed by atoms with E-state index in [1.54, 1.807) is 0 Å². The first-order valence-electron chi connectivity index (χ1n) is 4.45. The van der Waals surface area contributed by atoms with Crippen molar-refractivity contribution in [1.82, 2.24) is 0 Å². The largest absolute Gasteiger partial charge is 0.373 e.